The molecule has 8 rings (SSSR count). The van der Waals surface area contributed by atoms with E-state index in [-0.39, 0.29) is 61.8 Å². The van der Waals surface area contributed by atoms with Crippen molar-refractivity contribution in [3.05, 3.63) is 181 Å². The lowest BCUT2D eigenvalue weighted by Crippen LogP contribution is -3.00. The van der Waals surface area contributed by atoms with E-state index in [0.29, 0.717) is 0 Å². The molecule has 0 amide bonds. The summed E-state index contributed by atoms with van der Waals surface area (Å²) in [7, 11) is 3.93. The number of halogens is 4. The zero-order valence-electron chi connectivity index (χ0n) is 43.7. The number of alkyl halides is 1. The van der Waals surface area contributed by atoms with E-state index in [4.69, 9.17) is 0 Å². The molecule has 0 N–H and O–H groups in total. The number of aryl methyl sites for hydroxylation is 2. The smallest absolute Gasteiger partial charge is 0.209 e. The van der Waals surface area contributed by atoms with Crippen molar-refractivity contribution in [1.82, 2.24) is 0 Å². The van der Waals surface area contributed by atoms with E-state index in [1.54, 1.807) is 0 Å². The molecule has 4 heterocycles. The lowest BCUT2D eigenvalue weighted by Gasteiger charge is -2.19. The fourth-order valence-electron chi connectivity index (χ4n) is 8.65. The number of benzene rings is 4. The fraction of sp³-hybridized carbons (Fsp3) is 0.367. The lowest BCUT2D eigenvalue weighted by atomic mass is 9.82. The number of rotatable bonds is 19. The molecule has 12 heteroatoms. The summed E-state index contributed by atoms with van der Waals surface area (Å²) in [5.74, 6) is 0. The molecule has 0 saturated heterocycles. The predicted octanol–water partition coefficient (Wildman–Crippen LogP) is 4.58. The number of hydrazone groups is 2. The number of hydrogen-bond donors (Lipinski definition) is 0. The van der Waals surface area contributed by atoms with E-state index in [1.165, 1.54) is 79.6 Å². The largest absolute Gasteiger partial charge is 1.00 e. The molecule has 0 aliphatic carbocycles. The van der Waals surface area contributed by atoms with Crippen molar-refractivity contribution in [3.8, 4) is 0 Å². The maximum Gasteiger partial charge on any atom is 0.209 e. The number of hydrogen-bond acceptors (Lipinski definition) is 5. The van der Waals surface area contributed by atoms with Crippen molar-refractivity contribution in [2.24, 2.45) is 15.2 Å². The van der Waals surface area contributed by atoms with Gasteiger partial charge in [-0.15, -0.1) is 0 Å². The van der Waals surface area contributed by atoms with E-state index in [2.05, 4.69) is 190 Å². The van der Waals surface area contributed by atoms with E-state index < -0.39 is 0 Å². The van der Waals surface area contributed by atoms with Gasteiger partial charge in [-0.2, -0.15) is 14.8 Å². The quantitative estimate of drug-likeness (QED) is 0.0393. The molecule has 384 valence electrons. The number of aromatic nitrogens is 2. The zero-order chi connectivity index (χ0) is 49.1. The van der Waals surface area contributed by atoms with Crippen molar-refractivity contribution in [2.75, 3.05) is 36.0 Å². The molecule has 8 nitrogen and oxygen atoms in total. The summed E-state index contributed by atoms with van der Waals surface area (Å²) >= 11 is 3.47. The fourth-order valence-corrected chi connectivity index (χ4v) is 9.05. The minimum atomic E-state index is 0. The van der Waals surface area contributed by atoms with Crippen LogP contribution in [0.2, 0.25) is 0 Å². The monoisotopic (exact) mass is 1220 g/mol. The van der Waals surface area contributed by atoms with Gasteiger partial charge in [-0.05, 0) is 82.3 Å². The van der Waals surface area contributed by atoms with Crippen molar-refractivity contribution < 1.29 is 64.7 Å². The molecule has 0 atom stereocenters. The third-order valence-electron chi connectivity index (χ3n) is 13.6. The second-order valence-electron chi connectivity index (χ2n) is 19.2. The maximum absolute atomic E-state index is 4.54. The Morgan fingerprint density at radius 2 is 0.917 bits per heavy atom. The average molecular weight is 1230 g/mol. The second-order valence-corrected chi connectivity index (χ2v) is 20.0. The Bertz CT molecular complexity index is 2630. The molecule has 2 aliphatic rings. The Kier molecular flexibility index (Phi) is 26.7. The third kappa shape index (κ3) is 17.8. The summed E-state index contributed by atoms with van der Waals surface area (Å²) < 4.78 is 7.06. The first-order valence-corrected chi connectivity index (χ1v) is 26.1. The van der Waals surface area contributed by atoms with E-state index in [9.17, 15) is 0 Å². The van der Waals surface area contributed by atoms with Gasteiger partial charge in [0.25, 0.3) is 0 Å². The van der Waals surface area contributed by atoms with Gasteiger partial charge in [-0.3, -0.25) is 15.0 Å². The second kappa shape index (κ2) is 31.2. The molecule has 0 saturated carbocycles. The van der Waals surface area contributed by atoms with Crippen LogP contribution in [-0.2, 0) is 23.9 Å². The highest BCUT2D eigenvalue weighted by molar-refractivity contribution is 9.09. The number of anilines is 2. The van der Waals surface area contributed by atoms with Crippen LogP contribution in [0.4, 0.5) is 22.7 Å². The van der Waals surface area contributed by atoms with Gasteiger partial charge in [0.1, 0.15) is 19.6 Å². The topological polar surface area (TPSA) is 54.3 Å². The number of fused-ring (bicyclic) bond motifs is 2. The first-order chi connectivity index (χ1) is 33.4. The molecular formula is C60H76Br4N8. The highest BCUT2D eigenvalue weighted by Gasteiger charge is 2.42. The summed E-state index contributed by atoms with van der Waals surface area (Å²) in [6.07, 6.45) is 22.5. The molecule has 0 spiro atoms. The van der Waals surface area contributed by atoms with Crippen LogP contribution in [0, 0.1) is 0 Å². The first-order valence-electron chi connectivity index (χ1n) is 24.9. The van der Waals surface area contributed by atoms with Gasteiger partial charge in [0.05, 0.1) is 34.9 Å². The van der Waals surface area contributed by atoms with Gasteiger partial charge < -0.3 is 50.9 Å². The van der Waals surface area contributed by atoms with Crippen molar-refractivity contribution in [1.29, 1.82) is 0 Å². The summed E-state index contributed by atoms with van der Waals surface area (Å²) in [6, 6.07) is 46.1. The Labute approximate surface area is 472 Å². The molecule has 2 aromatic heterocycles. The number of aliphatic imine (C=N–C) groups is 1. The van der Waals surface area contributed by atoms with E-state index in [1.807, 2.05) is 91.1 Å². The van der Waals surface area contributed by atoms with Crippen LogP contribution in [0.3, 0.4) is 0 Å². The highest BCUT2D eigenvalue weighted by Crippen LogP contribution is 2.40. The third-order valence-corrected chi connectivity index (χ3v) is 14.2. The van der Waals surface area contributed by atoms with Crippen LogP contribution in [0.15, 0.2) is 173 Å². The van der Waals surface area contributed by atoms with Gasteiger partial charge in [-0.1, -0.05) is 109 Å². The van der Waals surface area contributed by atoms with Crippen LogP contribution < -0.4 is 70.1 Å². The predicted molar refractivity (Wildman–Crippen MR) is 296 cm³/mol. The van der Waals surface area contributed by atoms with Crippen LogP contribution in [0.5, 0.6) is 0 Å². The maximum atomic E-state index is 4.54. The molecule has 0 radical (unpaired) electrons. The number of nitrogens with zero attached hydrogens (tertiary/aromatic N) is 8. The van der Waals surface area contributed by atoms with Gasteiger partial charge in [0.2, 0.25) is 5.69 Å². The molecule has 6 aromatic rings. The molecule has 0 unspecified atom stereocenters. The number of para-hydroxylation sites is 4. The highest BCUT2D eigenvalue weighted by atomic mass is 79.9. The lowest BCUT2D eigenvalue weighted by molar-refractivity contribution is -0.697. The minimum absolute atomic E-state index is 0. The van der Waals surface area contributed by atoms with Gasteiger partial charge in [-0.25, -0.2) is 9.13 Å². The van der Waals surface area contributed by atoms with Gasteiger partial charge >= 0.3 is 0 Å². The standard InChI is InChI=1S/C30H38N4.C19H25BrN3.C11H13N.3BrH/c1-25-30(2,3)28-16-10-11-17-29(28)34(25)21-13-6-5-12-20-33-22-18-26(19-23-33)24-31-32(4)27-14-8-7-9-15-27;1-22(19-9-5-4-6-10-19)21-17-18-11-15-23(16-12-18)14-8-3-2-7-13-20;1-8-11(2,3)9-6-4-5-7-10(9)12-8;;;/h7-11,14-19,22-24H,5-6,12-13,20-21H2,1-4H3;4-6,9-12,15-17H,2-3,7-8,13-14H2,1H3;4-7H,1-3H3;3*1H/q+2;+1;;;;/p-3. The SMILES string of the molecule is CC1=Nc2ccccc2C1(C)C.CC1=[N+](CCCCCC[n+]2ccc(/C=N/N(C)c3ccccc3)cc2)c2ccccc2C1(C)C.CN(/N=C/c1cc[n+](CCCCCCBr)cc1)c1ccccc1.[Br-].[Br-].[Br-]. The van der Waals surface area contributed by atoms with E-state index in [0.717, 1.165) is 53.2 Å². The minimum Gasteiger partial charge on any atom is -1.00 e. The van der Waals surface area contributed by atoms with Crippen molar-refractivity contribution >= 4 is 62.5 Å². The van der Waals surface area contributed by atoms with Crippen molar-refractivity contribution in [2.45, 2.75) is 117 Å². The molecule has 0 fully saturated rings. The summed E-state index contributed by atoms with van der Waals surface area (Å²) in [5, 5.41) is 13.9. The molecule has 0 bridgehead atoms. The molecular weight excluding hydrogens is 1150 g/mol. The first kappa shape index (κ1) is 61.7. The Balaban J connectivity index is 0.000000311. The van der Waals surface area contributed by atoms with Crippen molar-refractivity contribution in [3.63, 3.8) is 0 Å². The molecule has 72 heavy (non-hydrogen) atoms. The van der Waals surface area contributed by atoms with Crippen LogP contribution >= 0.6 is 15.9 Å². The Hall–Kier alpha value is -4.62. The normalized spacial score (nSPS) is 13.5. The average Bonchev–Trinajstić information content (AvgIpc) is 3.73. The number of unbranched alkanes of at least 4 members (excludes halogenated alkanes) is 6. The number of pyridine rings is 2. The Morgan fingerprint density at radius 3 is 1.39 bits per heavy atom. The van der Waals surface area contributed by atoms with E-state index >= 15 is 0 Å². The van der Waals surface area contributed by atoms with Gasteiger partial charge in [0, 0.05) is 104 Å². The Morgan fingerprint density at radius 1 is 0.500 bits per heavy atom. The van der Waals surface area contributed by atoms with Crippen LogP contribution in [0.25, 0.3) is 0 Å². The van der Waals surface area contributed by atoms with Crippen LogP contribution in [-0.4, -0.2) is 54.4 Å². The summed E-state index contributed by atoms with van der Waals surface area (Å²) in [4.78, 5) is 4.52. The zero-order valence-corrected chi connectivity index (χ0v) is 50.1. The summed E-state index contributed by atoms with van der Waals surface area (Å²) in [5.41, 5.74) is 12.7. The van der Waals surface area contributed by atoms with Gasteiger partial charge in [0.15, 0.2) is 30.5 Å². The molecule has 4 aromatic carbocycles. The van der Waals surface area contributed by atoms with Crippen LogP contribution in [0.1, 0.15) is 115 Å². The summed E-state index contributed by atoms with van der Waals surface area (Å²) in [6.45, 7) is 16.8. The molecule has 2 aliphatic heterocycles.